The molecule has 1 aliphatic heterocycles. The van der Waals surface area contributed by atoms with Gasteiger partial charge in [0.05, 0.1) is 10.0 Å². The van der Waals surface area contributed by atoms with Crippen LogP contribution in [0.25, 0.3) is 0 Å². The van der Waals surface area contributed by atoms with E-state index in [0.717, 1.165) is 12.1 Å². The lowest BCUT2D eigenvalue weighted by atomic mass is 10.2. The summed E-state index contributed by atoms with van der Waals surface area (Å²) >= 11 is 2.84. The van der Waals surface area contributed by atoms with Gasteiger partial charge >= 0.3 is 0 Å². The predicted molar refractivity (Wildman–Crippen MR) is 48.8 cm³/mol. The smallest absolute Gasteiger partial charge is 0.266 e. The van der Waals surface area contributed by atoms with E-state index in [0.29, 0.717) is 0 Å². The highest BCUT2D eigenvalue weighted by atomic mass is 79.9. The minimum absolute atomic E-state index is 0.0105. The van der Waals surface area contributed by atoms with Crippen molar-refractivity contribution in [2.45, 2.75) is 4.90 Å². The third-order valence-electron chi connectivity index (χ3n) is 1.78. The summed E-state index contributed by atoms with van der Waals surface area (Å²) in [4.78, 5) is 10.9. The number of benzene rings is 1. The molecule has 0 saturated carbocycles. The SMILES string of the molecule is O=C1NS(=O)(=O)c2cc(Br)c(F)cc21. The van der Waals surface area contributed by atoms with Crippen LogP contribution in [0, 0.1) is 5.82 Å². The standard InChI is InChI=1S/C7H3BrFNO3S/c8-4-2-6-3(1-5(4)9)7(11)10-14(6,12)13/h1-2H,(H,10,11). The highest BCUT2D eigenvalue weighted by Crippen LogP contribution is 2.27. The first-order valence-corrected chi connectivity index (χ1v) is 5.75. The van der Waals surface area contributed by atoms with Crippen LogP contribution in [0.4, 0.5) is 4.39 Å². The Kier molecular flexibility index (Phi) is 1.90. The Balaban J connectivity index is 2.83. The van der Waals surface area contributed by atoms with E-state index in [1.165, 1.54) is 0 Å². The van der Waals surface area contributed by atoms with Gasteiger partial charge in [0.25, 0.3) is 15.9 Å². The summed E-state index contributed by atoms with van der Waals surface area (Å²) in [5.74, 6) is -1.47. The Bertz CT molecular complexity index is 540. The molecule has 1 heterocycles. The summed E-state index contributed by atoms with van der Waals surface area (Å²) in [6, 6.07) is 1.96. The van der Waals surface area contributed by atoms with Gasteiger partial charge in [-0.15, -0.1) is 0 Å². The molecule has 1 N–H and O–H groups in total. The van der Waals surface area contributed by atoms with Crippen LogP contribution in [-0.2, 0) is 10.0 Å². The van der Waals surface area contributed by atoms with Crippen LogP contribution in [0.5, 0.6) is 0 Å². The van der Waals surface area contributed by atoms with Gasteiger partial charge in [0.2, 0.25) is 0 Å². The van der Waals surface area contributed by atoms with Crippen LogP contribution < -0.4 is 4.72 Å². The quantitative estimate of drug-likeness (QED) is 0.771. The molecule has 1 amide bonds. The summed E-state index contributed by atoms with van der Waals surface area (Å²) in [6.45, 7) is 0. The molecule has 0 radical (unpaired) electrons. The molecule has 1 aliphatic rings. The molecule has 1 aromatic carbocycles. The Morgan fingerprint density at radius 1 is 1.36 bits per heavy atom. The molecule has 0 saturated heterocycles. The van der Waals surface area contributed by atoms with Crippen LogP contribution in [0.1, 0.15) is 10.4 Å². The van der Waals surface area contributed by atoms with Crippen molar-refractivity contribution in [3.05, 3.63) is 28.0 Å². The number of fused-ring (bicyclic) bond motifs is 1. The number of rotatable bonds is 0. The van der Waals surface area contributed by atoms with E-state index in [9.17, 15) is 17.6 Å². The van der Waals surface area contributed by atoms with Crippen molar-refractivity contribution in [3.8, 4) is 0 Å². The summed E-state index contributed by atoms with van der Waals surface area (Å²) in [5, 5.41) is 0. The summed E-state index contributed by atoms with van der Waals surface area (Å²) in [7, 11) is -3.79. The van der Waals surface area contributed by atoms with E-state index in [4.69, 9.17) is 0 Å². The molecular formula is C7H3BrFNO3S. The number of hydrogen-bond acceptors (Lipinski definition) is 3. The molecular weight excluding hydrogens is 277 g/mol. The number of amides is 1. The van der Waals surface area contributed by atoms with Crippen molar-refractivity contribution in [1.82, 2.24) is 4.72 Å². The van der Waals surface area contributed by atoms with Crippen LogP contribution >= 0.6 is 15.9 Å². The highest BCUT2D eigenvalue weighted by molar-refractivity contribution is 9.10. The predicted octanol–water partition coefficient (Wildman–Crippen LogP) is 1.02. The van der Waals surface area contributed by atoms with E-state index >= 15 is 0 Å². The fraction of sp³-hybridized carbons (Fsp3) is 0. The Morgan fingerprint density at radius 2 is 2.00 bits per heavy atom. The first-order valence-electron chi connectivity index (χ1n) is 3.48. The lowest BCUT2D eigenvalue weighted by molar-refractivity contribution is 0.0984. The molecule has 0 unspecified atom stereocenters. The van der Waals surface area contributed by atoms with Gasteiger partial charge in [0, 0.05) is 0 Å². The third-order valence-corrected chi connectivity index (χ3v) is 3.76. The maximum atomic E-state index is 13.0. The van der Waals surface area contributed by atoms with E-state index < -0.39 is 21.7 Å². The average Bonchev–Trinajstić information content (AvgIpc) is 2.26. The van der Waals surface area contributed by atoms with Crippen LogP contribution in [0.2, 0.25) is 0 Å². The van der Waals surface area contributed by atoms with Crippen molar-refractivity contribution in [1.29, 1.82) is 0 Å². The second-order valence-electron chi connectivity index (χ2n) is 2.70. The van der Waals surface area contributed by atoms with E-state index in [1.807, 2.05) is 0 Å². The lowest BCUT2D eigenvalue weighted by Gasteiger charge is -1.97. The second kappa shape index (κ2) is 2.77. The third kappa shape index (κ3) is 1.24. The number of halogens is 2. The van der Waals surface area contributed by atoms with Gasteiger partial charge in [0.15, 0.2) is 0 Å². The minimum atomic E-state index is -3.79. The van der Waals surface area contributed by atoms with Crippen LogP contribution in [0.15, 0.2) is 21.5 Å². The van der Waals surface area contributed by atoms with Gasteiger partial charge in [-0.1, -0.05) is 0 Å². The molecule has 2 rings (SSSR count). The maximum absolute atomic E-state index is 13.0. The summed E-state index contributed by atoms with van der Waals surface area (Å²) in [6.07, 6.45) is 0. The second-order valence-corrected chi connectivity index (χ2v) is 5.20. The Hall–Kier alpha value is -0.950. The van der Waals surface area contributed by atoms with Crippen molar-refractivity contribution in [3.63, 3.8) is 0 Å². The fourth-order valence-corrected chi connectivity index (χ4v) is 2.83. The largest absolute Gasteiger partial charge is 0.268 e. The Labute approximate surface area is 87.3 Å². The van der Waals surface area contributed by atoms with E-state index in [-0.39, 0.29) is 14.9 Å². The zero-order chi connectivity index (χ0) is 10.5. The molecule has 14 heavy (non-hydrogen) atoms. The average molecular weight is 280 g/mol. The molecule has 0 spiro atoms. The van der Waals surface area contributed by atoms with Gasteiger partial charge in [-0.3, -0.25) is 4.79 Å². The van der Waals surface area contributed by atoms with Gasteiger partial charge < -0.3 is 0 Å². The molecule has 0 fully saturated rings. The highest BCUT2D eigenvalue weighted by Gasteiger charge is 2.33. The number of sulfonamides is 1. The number of nitrogens with one attached hydrogen (secondary N) is 1. The van der Waals surface area contributed by atoms with Gasteiger partial charge in [-0.2, -0.15) is 0 Å². The molecule has 1 aromatic rings. The first kappa shape index (κ1) is 9.60. The van der Waals surface area contributed by atoms with Gasteiger partial charge in [-0.05, 0) is 28.1 Å². The fourth-order valence-electron chi connectivity index (χ4n) is 1.16. The van der Waals surface area contributed by atoms with Gasteiger partial charge in [-0.25, -0.2) is 17.5 Å². The summed E-state index contributed by atoms with van der Waals surface area (Å²) in [5.41, 5.74) is -0.161. The molecule has 0 aliphatic carbocycles. The molecule has 7 heteroatoms. The number of carbonyl (C=O) groups is 1. The molecule has 0 aromatic heterocycles. The van der Waals surface area contributed by atoms with Crippen LogP contribution in [0.3, 0.4) is 0 Å². The van der Waals surface area contributed by atoms with E-state index in [1.54, 1.807) is 4.72 Å². The zero-order valence-electron chi connectivity index (χ0n) is 6.54. The van der Waals surface area contributed by atoms with Crippen molar-refractivity contribution in [2.24, 2.45) is 0 Å². The van der Waals surface area contributed by atoms with Crippen molar-refractivity contribution < 1.29 is 17.6 Å². The first-order chi connectivity index (χ1) is 6.42. The number of hydrogen-bond donors (Lipinski definition) is 1. The Morgan fingerprint density at radius 3 is 2.64 bits per heavy atom. The zero-order valence-corrected chi connectivity index (χ0v) is 8.95. The normalized spacial score (nSPS) is 17.7. The summed E-state index contributed by atoms with van der Waals surface area (Å²) < 4.78 is 37.3. The minimum Gasteiger partial charge on any atom is -0.268 e. The molecule has 4 nitrogen and oxygen atoms in total. The molecule has 74 valence electrons. The van der Waals surface area contributed by atoms with Gasteiger partial charge in [0.1, 0.15) is 10.7 Å². The van der Waals surface area contributed by atoms with Crippen molar-refractivity contribution in [2.75, 3.05) is 0 Å². The monoisotopic (exact) mass is 279 g/mol. The number of carbonyl (C=O) groups excluding carboxylic acids is 1. The molecule has 0 atom stereocenters. The maximum Gasteiger partial charge on any atom is 0.266 e. The van der Waals surface area contributed by atoms with Crippen molar-refractivity contribution >= 4 is 31.9 Å². The van der Waals surface area contributed by atoms with Crippen LogP contribution in [-0.4, -0.2) is 14.3 Å². The topological polar surface area (TPSA) is 63.2 Å². The van der Waals surface area contributed by atoms with E-state index in [2.05, 4.69) is 15.9 Å². The molecule has 0 bridgehead atoms. The lowest BCUT2D eigenvalue weighted by Crippen LogP contribution is -2.20.